The summed E-state index contributed by atoms with van der Waals surface area (Å²) in [5.74, 6) is -0.865. The molecule has 1 atom stereocenters. The summed E-state index contributed by atoms with van der Waals surface area (Å²) < 4.78 is 0. The Morgan fingerprint density at radius 1 is 1.20 bits per heavy atom. The Balaban J connectivity index is 2.58. The minimum atomic E-state index is -0.920. The lowest BCUT2D eigenvalue weighted by atomic mass is 10.0. The first kappa shape index (κ1) is 16.0. The lowest BCUT2D eigenvalue weighted by Gasteiger charge is -2.20. The second kappa shape index (κ2) is 7.53. The molecule has 3 N–H and O–H groups in total. The molecule has 0 aromatic heterocycles. The Kier molecular flexibility index (Phi) is 6.03. The van der Waals surface area contributed by atoms with E-state index in [2.05, 4.69) is 17.6 Å². The normalized spacial score (nSPS) is 12.0. The SMILES string of the molecule is CCc1ccc(NC(=O)NC(CC(=O)O)C(C)C)cc1. The Hall–Kier alpha value is -2.04. The molecule has 2 amide bonds. The first-order valence-corrected chi connectivity index (χ1v) is 6.80. The van der Waals surface area contributed by atoms with Gasteiger partial charge in [0, 0.05) is 11.7 Å². The average molecular weight is 278 g/mol. The molecular formula is C15H22N2O3. The summed E-state index contributed by atoms with van der Waals surface area (Å²) in [6.07, 6.45) is 0.861. The van der Waals surface area contributed by atoms with Gasteiger partial charge in [-0.3, -0.25) is 4.79 Å². The predicted molar refractivity (Wildman–Crippen MR) is 78.9 cm³/mol. The number of benzene rings is 1. The summed E-state index contributed by atoms with van der Waals surface area (Å²) in [4.78, 5) is 22.6. The van der Waals surface area contributed by atoms with Crippen molar-refractivity contribution in [1.82, 2.24) is 5.32 Å². The lowest BCUT2D eigenvalue weighted by Crippen LogP contribution is -2.42. The zero-order chi connectivity index (χ0) is 15.1. The molecule has 20 heavy (non-hydrogen) atoms. The number of carbonyl (C=O) groups excluding carboxylic acids is 1. The first-order chi connectivity index (χ1) is 9.42. The van der Waals surface area contributed by atoms with Crippen LogP contribution in [0.3, 0.4) is 0 Å². The van der Waals surface area contributed by atoms with Crippen LogP contribution in [0.4, 0.5) is 10.5 Å². The molecule has 0 radical (unpaired) electrons. The fourth-order valence-electron chi connectivity index (χ4n) is 1.80. The van der Waals surface area contributed by atoms with Gasteiger partial charge in [-0.25, -0.2) is 4.79 Å². The van der Waals surface area contributed by atoms with Crippen LogP contribution in [-0.2, 0) is 11.2 Å². The van der Waals surface area contributed by atoms with Crippen molar-refractivity contribution in [2.24, 2.45) is 5.92 Å². The maximum absolute atomic E-state index is 11.8. The van der Waals surface area contributed by atoms with Crippen molar-refractivity contribution in [3.63, 3.8) is 0 Å². The van der Waals surface area contributed by atoms with E-state index in [1.807, 2.05) is 38.1 Å². The monoisotopic (exact) mass is 278 g/mol. The summed E-state index contributed by atoms with van der Waals surface area (Å²) in [6.45, 7) is 5.82. The van der Waals surface area contributed by atoms with Crippen LogP contribution in [0.5, 0.6) is 0 Å². The van der Waals surface area contributed by atoms with Gasteiger partial charge in [0.1, 0.15) is 0 Å². The van der Waals surface area contributed by atoms with Crippen LogP contribution in [0.25, 0.3) is 0 Å². The van der Waals surface area contributed by atoms with Gasteiger partial charge in [0.25, 0.3) is 0 Å². The Morgan fingerprint density at radius 2 is 1.80 bits per heavy atom. The lowest BCUT2D eigenvalue weighted by molar-refractivity contribution is -0.137. The molecule has 0 aliphatic heterocycles. The maximum Gasteiger partial charge on any atom is 0.319 e. The third-order valence-electron chi connectivity index (χ3n) is 3.14. The summed E-state index contributed by atoms with van der Waals surface area (Å²) in [6, 6.07) is 6.80. The van der Waals surface area contributed by atoms with Crippen LogP contribution >= 0.6 is 0 Å². The van der Waals surface area contributed by atoms with Gasteiger partial charge in [-0.2, -0.15) is 0 Å². The molecule has 0 fully saturated rings. The number of aliphatic carboxylic acids is 1. The van der Waals surface area contributed by atoms with Gasteiger partial charge < -0.3 is 15.7 Å². The topological polar surface area (TPSA) is 78.4 Å². The average Bonchev–Trinajstić information content (AvgIpc) is 2.38. The highest BCUT2D eigenvalue weighted by molar-refractivity contribution is 5.89. The number of amides is 2. The predicted octanol–water partition coefficient (Wildman–Crippen LogP) is 2.87. The van der Waals surface area contributed by atoms with Crippen LogP contribution in [0.15, 0.2) is 24.3 Å². The van der Waals surface area contributed by atoms with Crippen molar-refractivity contribution in [3.8, 4) is 0 Å². The molecule has 0 aliphatic carbocycles. The number of carboxylic acids is 1. The number of carboxylic acid groups (broad SMARTS) is 1. The second-order valence-corrected chi connectivity index (χ2v) is 5.10. The van der Waals surface area contributed by atoms with Crippen molar-refractivity contribution in [1.29, 1.82) is 0 Å². The van der Waals surface area contributed by atoms with Gasteiger partial charge in [0.2, 0.25) is 0 Å². The Labute approximate surface area is 119 Å². The van der Waals surface area contributed by atoms with Crippen molar-refractivity contribution in [3.05, 3.63) is 29.8 Å². The highest BCUT2D eigenvalue weighted by Crippen LogP contribution is 2.11. The minimum absolute atomic E-state index is 0.0549. The highest BCUT2D eigenvalue weighted by Gasteiger charge is 2.19. The van der Waals surface area contributed by atoms with E-state index in [0.717, 1.165) is 6.42 Å². The molecule has 1 aromatic rings. The number of rotatable bonds is 6. The zero-order valence-corrected chi connectivity index (χ0v) is 12.1. The van der Waals surface area contributed by atoms with E-state index in [0.29, 0.717) is 5.69 Å². The fourth-order valence-corrected chi connectivity index (χ4v) is 1.80. The van der Waals surface area contributed by atoms with Crippen LogP contribution in [0.2, 0.25) is 0 Å². The van der Waals surface area contributed by atoms with E-state index < -0.39 is 5.97 Å². The fraction of sp³-hybridized carbons (Fsp3) is 0.467. The standard InChI is InChI=1S/C15H22N2O3/c1-4-11-5-7-12(8-6-11)16-15(20)17-13(10(2)3)9-14(18)19/h5-8,10,13H,4,9H2,1-3H3,(H,18,19)(H2,16,17,20). The second-order valence-electron chi connectivity index (χ2n) is 5.10. The number of nitrogens with one attached hydrogen (secondary N) is 2. The van der Waals surface area contributed by atoms with Crippen molar-refractivity contribution < 1.29 is 14.7 Å². The molecule has 0 aliphatic rings. The van der Waals surface area contributed by atoms with E-state index in [1.165, 1.54) is 5.56 Å². The van der Waals surface area contributed by atoms with Crippen molar-refractivity contribution in [2.45, 2.75) is 39.7 Å². The van der Waals surface area contributed by atoms with Gasteiger partial charge in [-0.1, -0.05) is 32.9 Å². The highest BCUT2D eigenvalue weighted by atomic mass is 16.4. The summed E-state index contributed by atoms with van der Waals surface area (Å²) >= 11 is 0. The molecule has 0 bridgehead atoms. The number of carbonyl (C=O) groups is 2. The maximum atomic E-state index is 11.8. The van der Waals surface area contributed by atoms with Gasteiger partial charge in [-0.15, -0.1) is 0 Å². The van der Waals surface area contributed by atoms with Gasteiger partial charge in [0.05, 0.1) is 6.42 Å². The van der Waals surface area contributed by atoms with Crippen LogP contribution in [-0.4, -0.2) is 23.1 Å². The number of anilines is 1. The van der Waals surface area contributed by atoms with Crippen LogP contribution in [0.1, 0.15) is 32.8 Å². The van der Waals surface area contributed by atoms with E-state index >= 15 is 0 Å². The van der Waals surface area contributed by atoms with Crippen molar-refractivity contribution in [2.75, 3.05) is 5.32 Å². The third-order valence-corrected chi connectivity index (χ3v) is 3.14. The number of urea groups is 1. The third kappa shape index (κ3) is 5.30. The number of hydrogen-bond acceptors (Lipinski definition) is 2. The quantitative estimate of drug-likeness (QED) is 0.748. The molecule has 110 valence electrons. The molecule has 1 aromatic carbocycles. The molecule has 0 spiro atoms. The summed E-state index contributed by atoms with van der Waals surface area (Å²) in [7, 11) is 0. The van der Waals surface area contributed by atoms with Gasteiger partial charge in [0.15, 0.2) is 0 Å². The largest absolute Gasteiger partial charge is 0.481 e. The molecule has 1 unspecified atom stereocenters. The summed E-state index contributed by atoms with van der Waals surface area (Å²) in [5.41, 5.74) is 1.89. The van der Waals surface area contributed by atoms with Crippen LogP contribution in [0, 0.1) is 5.92 Å². The van der Waals surface area contributed by atoms with E-state index in [1.54, 1.807) is 0 Å². The van der Waals surface area contributed by atoms with Gasteiger partial charge >= 0.3 is 12.0 Å². The Bertz CT molecular complexity index is 455. The van der Waals surface area contributed by atoms with E-state index in [-0.39, 0.29) is 24.4 Å². The molecule has 0 saturated carbocycles. The van der Waals surface area contributed by atoms with E-state index in [9.17, 15) is 9.59 Å². The molecule has 5 heteroatoms. The van der Waals surface area contributed by atoms with Crippen LogP contribution < -0.4 is 10.6 Å². The molecule has 1 rings (SSSR count). The smallest absolute Gasteiger partial charge is 0.319 e. The number of aryl methyl sites for hydroxylation is 1. The number of hydrogen-bond donors (Lipinski definition) is 3. The molecule has 0 saturated heterocycles. The molecular weight excluding hydrogens is 256 g/mol. The Morgan fingerprint density at radius 3 is 2.25 bits per heavy atom. The van der Waals surface area contributed by atoms with Crippen molar-refractivity contribution >= 4 is 17.7 Å². The van der Waals surface area contributed by atoms with E-state index in [4.69, 9.17) is 5.11 Å². The molecule has 5 nitrogen and oxygen atoms in total. The molecule has 0 heterocycles. The minimum Gasteiger partial charge on any atom is -0.481 e. The van der Waals surface area contributed by atoms with Gasteiger partial charge in [-0.05, 0) is 30.0 Å². The zero-order valence-electron chi connectivity index (χ0n) is 12.1. The first-order valence-electron chi connectivity index (χ1n) is 6.80. The summed E-state index contributed by atoms with van der Waals surface area (Å²) in [5, 5.41) is 14.2.